The zero-order valence-corrected chi connectivity index (χ0v) is 13.6. The molecule has 0 aromatic heterocycles. The predicted octanol–water partition coefficient (Wildman–Crippen LogP) is 3.42. The molecule has 1 fully saturated rings. The molecule has 0 N–H and O–H groups in total. The first-order valence-electron chi connectivity index (χ1n) is 8.17. The number of hydrogen-bond acceptors (Lipinski definition) is 2. The number of benzene rings is 1. The van der Waals surface area contributed by atoms with E-state index in [0.717, 1.165) is 38.0 Å². The van der Waals surface area contributed by atoms with Crippen molar-refractivity contribution in [2.45, 2.75) is 45.1 Å². The molecule has 1 amide bonds. The van der Waals surface area contributed by atoms with Crippen molar-refractivity contribution in [3.05, 3.63) is 35.6 Å². The van der Waals surface area contributed by atoms with Gasteiger partial charge in [0, 0.05) is 26.1 Å². The molecule has 1 aliphatic rings. The third kappa shape index (κ3) is 5.09. The molecule has 1 aromatic rings. The van der Waals surface area contributed by atoms with Gasteiger partial charge in [0.1, 0.15) is 5.82 Å². The van der Waals surface area contributed by atoms with E-state index in [1.54, 1.807) is 17.0 Å². The zero-order valence-electron chi connectivity index (χ0n) is 13.6. The minimum atomic E-state index is -0.243. The normalized spacial score (nSPS) is 19.7. The standard InChI is InChI=1S/C18H26FNO2/c1-14(13-15-6-8-16(19)9-7-15)18(21)20(2)11-10-17-5-3-4-12-22-17/h6-9,14,17H,3-5,10-13H2,1-2H3. The molecule has 122 valence electrons. The third-order valence-corrected chi connectivity index (χ3v) is 4.31. The van der Waals surface area contributed by atoms with Crippen LogP contribution in [0.5, 0.6) is 0 Å². The minimum Gasteiger partial charge on any atom is -0.378 e. The summed E-state index contributed by atoms with van der Waals surface area (Å²) in [7, 11) is 1.85. The van der Waals surface area contributed by atoms with Gasteiger partial charge in [-0.25, -0.2) is 4.39 Å². The average Bonchev–Trinajstić information content (AvgIpc) is 2.55. The summed E-state index contributed by atoms with van der Waals surface area (Å²) < 4.78 is 18.6. The fourth-order valence-electron chi connectivity index (χ4n) is 2.92. The SMILES string of the molecule is CC(Cc1ccc(F)cc1)C(=O)N(C)CCC1CCCCO1. The molecule has 3 nitrogen and oxygen atoms in total. The van der Waals surface area contributed by atoms with E-state index in [4.69, 9.17) is 4.74 Å². The van der Waals surface area contributed by atoms with Crippen LogP contribution in [0.1, 0.15) is 38.2 Å². The molecule has 0 bridgehead atoms. The summed E-state index contributed by atoms with van der Waals surface area (Å²) in [5.74, 6) is -0.199. The van der Waals surface area contributed by atoms with Gasteiger partial charge in [-0.2, -0.15) is 0 Å². The first kappa shape index (κ1) is 16.9. The molecule has 2 unspecified atom stereocenters. The predicted molar refractivity (Wildman–Crippen MR) is 85.1 cm³/mol. The summed E-state index contributed by atoms with van der Waals surface area (Å²) in [6, 6.07) is 6.37. The molecule has 1 heterocycles. The number of hydrogen-bond donors (Lipinski definition) is 0. The minimum absolute atomic E-state index is 0.0947. The van der Waals surface area contributed by atoms with Crippen molar-refractivity contribution in [1.29, 1.82) is 0 Å². The second-order valence-corrected chi connectivity index (χ2v) is 6.27. The Bertz CT molecular complexity index is 468. The quantitative estimate of drug-likeness (QED) is 0.806. The van der Waals surface area contributed by atoms with Gasteiger partial charge in [-0.05, 0) is 49.8 Å². The molecule has 1 aromatic carbocycles. The molecule has 0 aliphatic carbocycles. The first-order valence-corrected chi connectivity index (χ1v) is 8.17. The van der Waals surface area contributed by atoms with Crippen LogP contribution < -0.4 is 0 Å². The van der Waals surface area contributed by atoms with Crippen molar-refractivity contribution < 1.29 is 13.9 Å². The van der Waals surface area contributed by atoms with E-state index in [1.165, 1.54) is 18.6 Å². The summed E-state index contributed by atoms with van der Waals surface area (Å²) in [4.78, 5) is 14.2. The molecule has 22 heavy (non-hydrogen) atoms. The highest BCUT2D eigenvalue weighted by molar-refractivity contribution is 5.78. The molecular formula is C18H26FNO2. The van der Waals surface area contributed by atoms with E-state index in [9.17, 15) is 9.18 Å². The lowest BCUT2D eigenvalue weighted by Crippen LogP contribution is -2.35. The highest BCUT2D eigenvalue weighted by atomic mass is 19.1. The highest BCUT2D eigenvalue weighted by Gasteiger charge is 2.20. The molecule has 4 heteroatoms. The maximum absolute atomic E-state index is 12.9. The highest BCUT2D eigenvalue weighted by Crippen LogP contribution is 2.17. The second kappa shape index (κ2) is 8.28. The summed E-state index contributed by atoms with van der Waals surface area (Å²) in [5, 5.41) is 0. The number of carbonyl (C=O) groups excluding carboxylic acids is 1. The molecule has 0 saturated carbocycles. The van der Waals surface area contributed by atoms with Gasteiger partial charge in [0.25, 0.3) is 0 Å². The van der Waals surface area contributed by atoms with Crippen molar-refractivity contribution in [1.82, 2.24) is 4.90 Å². The average molecular weight is 307 g/mol. The Kier molecular flexibility index (Phi) is 6.37. The van der Waals surface area contributed by atoms with Crippen molar-refractivity contribution in [2.75, 3.05) is 20.2 Å². The number of ether oxygens (including phenoxy) is 1. The Labute approximate surface area is 132 Å². The van der Waals surface area contributed by atoms with E-state index < -0.39 is 0 Å². The second-order valence-electron chi connectivity index (χ2n) is 6.27. The molecule has 0 spiro atoms. The van der Waals surface area contributed by atoms with Crippen LogP contribution in [0.15, 0.2) is 24.3 Å². The number of rotatable bonds is 6. The fourth-order valence-corrected chi connectivity index (χ4v) is 2.92. The Hall–Kier alpha value is -1.42. The van der Waals surface area contributed by atoms with Crippen LogP contribution in [0.3, 0.4) is 0 Å². The van der Waals surface area contributed by atoms with Crippen molar-refractivity contribution in [3.63, 3.8) is 0 Å². The van der Waals surface area contributed by atoms with Crippen molar-refractivity contribution in [3.8, 4) is 0 Å². The van der Waals surface area contributed by atoms with E-state index in [2.05, 4.69) is 0 Å². The Morgan fingerprint density at radius 3 is 2.73 bits per heavy atom. The Balaban J connectivity index is 1.77. The van der Waals surface area contributed by atoms with Crippen LogP contribution in [0.25, 0.3) is 0 Å². The summed E-state index contributed by atoms with van der Waals surface area (Å²) in [5.41, 5.74) is 0.992. The monoisotopic (exact) mass is 307 g/mol. The first-order chi connectivity index (χ1) is 10.6. The van der Waals surface area contributed by atoms with Crippen molar-refractivity contribution >= 4 is 5.91 Å². The van der Waals surface area contributed by atoms with Crippen LogP contribution in [0.4, 0.5) is 4.39 Å². The molecular weight excluding hydrogens is 281 g/mol. The van der Waals surface area contributed by atoms with Crippen LogP contribution in [-0.2, 0) is 16.0 Å². The zero-order chi connectivity index (χ0) is 15.9. The van der Waals surface area contributed by atoms with E-state index in [-0.39, 0.29) is 17.6 Å². The third-order valence-electron chi connectivity index (χ3n) is 4.31. The van der Waals surface area contributed by atoms with Crippen LogP contribution in [0.2, 0.25) is 0 Å². The number of halogens is 1. The molecule has 2 rings (SSSR count). The van der Waals surface area contributed by atoms with Gasteiger partial charge in [0.2, 0.25) is 5.91 Å². The van der Waals surface area contributed by atoms with Crippen LogP contribution in [0, 0.1) is 11.7 Å². The summed E-state index contributed by atoms with van der Waals surface area (Å²) in [6.07, 6.45) is 5.34. The van der Waals surface area contributed by atoms with Gasteiger partial charge >= 0.3 is 0 Å². The van der Waals surface area contributed by atoms with E-state index in [1.807, 2.05) is 14.0 Å². The fraction of sp³-hybridized carbons (Fsp3) is 0.611. The molecule has 2 atom stereocenters. The van der Waals surface area contributed by atoms with Gasteiger partial charge in [-0.1, -0.05) is 19.1 Å². The van der Waals surface area contributed by atoms with Crippen molar-refractivity contribution in [2.24, 2.45) is 5.92 Å². The van der Waals surface area contributed by atoms with Crippen LogP contribution in [-0.4, -0.2) is 37.1 Å². The lowest BCUT2D eigenvalue weighted by molar-refractivity contribution is -0.134. The smallest absolute Gasteiger partial charge is 0.225 e. The van der Waals surface area contributed by atoms with Gasteiger partial charge < -0.3 is 9.64 Å². The molecule has 1 saturated heterocycles. The summed E-state index contributed by atoms with van der Waals surface area (Å²) in [6.45, 7) is 3.51. The maximum Gasteiger partial charge on any atom is 0.225 e. The van der Waals surface area contributed by atoms with E-state index >= 15 is 0 Å². The number of amides is 1. The Morgan fingerprint density at radius 2 is 2.09 bits per heavy atom. The number of nitrogens with zero attached hydrogens (tertiary/aromatic N) is 1. The van der Waals surface area contributed by atoms with Gasteiger partial charge in [-0.3, -0.25) is 4.79 Å². The van der Waals surface area contributed by atoms with Gasteiger partial charge in [-0.15, -0.1) is 0 Å². The van der Waals surface area contributed by atoms with Gasteiger partial charge in [0.05, 0.1) is 6.10 Å². The maximum atomic E-state index is 12.9. The lowest BCUT2D eigenvalue weighted by atomic mass is 9.99. The summed E-state index contributed by atoms with van der Waals surface area (Å²) >= 11 is 0. The number of carbonyl (C=O) groups is 1. The Morgan fingerprint density at radius 1 is 1.36 bits per heavy atom. The largest absolute Gasteiger partial charge is 0.378 e. The van der Waals surface area contributed by atoms with Crippen LogP contribution >= 0.6 is 0 Å². The van der Waals surface area contributed by atoms with E-state index in [0.29, 0.717) is 12.5 Å². The lowest BCUT2D eigenvalue weighted by Gasteiger charge is -2.26. The van der Waals surface area contributed by atoms with Gasteiger partial charge in [0.15, 0.2) is 0 Å². The molecule has 1 aliphatic heterocycles. The topological polar surface area (TPSA) is 29.5 Å². The molecule has 0 radical (unpaired) electrons.